The summed E-state index contributed by atoms with van der Waals surface area (Å²) in [5, 5.41) is 2.20. The number of aromatic nitrogens is 3. The molecule has 0 bridgehead atoms. The van der Waals surface area contributed by atoms with Crippen LogP contribution in [0.1, 0.15) is 73.6 Å². The van der Waals surface area contributed by atoms with Crippen LogP contribution in [-0.4, -0.2) is 114 Å². The van der Waals surface area contributed by atoms with Crippen LogP contribution in [0.4, 0.5) is 19.1 Å². The average Bonchev–Trinajstić information content (AvgIpc) is 3.63. The van der Waals surface area contributed by atoms with Crippen LogP contribution < -0.4 is 10.9 Å². The molecule has 2 N–H and O–H groups in total. The van der Waals surface area contributed by atoms with Gasteiger partial charge in [-0.25, -0.2) is 4.99 Å². The smallest absolute Gasteiger partial charge is 0.414 e. The molecule has 3 atom stereocenters. The molecule has 1 aliphatic rings. The predicted molar refractivity (Wildman–Crippen MR) is 225 cm³/mol. The van der Waals surface area contributed by atoms with E-state index in [4.69, 9.17) is 23.6 Å². The first-order valence-corrected chi connectivity index (χ1v) is 25.1. The van der Waals surface area contributed by atoms with E-state index in [2.05, 4.69) is 76.5 Å². The van der Waals surface area contributed by atoms with Crippen LogP contribution in [0, 0.1) is 11.8 Å². The molecule has 2 aromatic rings. The van der Waals surface area contributed by atoms with Crippen molar-refractivity contribution in [3.05, 3.63) is 22.1 Å². The van der Waals surface area contributed by atoms with Crippen molar-refractivity contribution >= 4 is 80.7 Å². The van der Waals surface area contributed by atoms with Crippen molar-refractivity contribution < 1.29 is 36.6 Å². The summed E-state index contributed by atoms with van der Waals surface area (Å²) in [4.78, 5) is 38.2. The van der Waals surface area contributed by atoms with Gasteiger partial charge in [-0.1, -0.05) is 96.6 Å². The summed E-state index contributed by atoms with van der Waals surface area (Å²) in [5.41, 5.74) is 0.378. The van der Waals surface area contributed by atoms with E-state index >= 15 is 0 Å². The van der Waals surface area contributed by atoms with Crippen molar-refractivity contribution in [1.29, 1.82) is 0 Å². The molecule has 0 aromatic carbocycles. The van der Waals surface area contributed by atoms with E-state index in [1.807, 2.05) is 24.0 Å². The molecule has 55 heavy (non-hydrogen) atoms. The Hall–Kier alpha value is -1.83. The zero-order valence-corrected chi connectivity index (χ0v) is 37.9. The number of hydrogen-bond acceptors (Lipinski definition) is 12. The third-order valence-corrected chi connectivity index (χ3v) is 18.8. The van der Waals surface area contributed by atoms with E-state index in [9.17, 15) is 22.8 Å². The lowest BCUT2D eigenvalue weighted by molar-refractivity contribution is -0.173. The van der Waals surface area contributed by atoms with Crippen LogP contribution in [0.25, 0.3) is 11.0 Å². The number of H-pyrrole nitrogens is 1. The normalized spacial score (nSPS) is 18.6. The number of ether oxygens (including phenoxy) is 3. The fourth-order valence-corrected chi connectivity index (χ4v) is 9.72. The Kier molecular flexibility index (Phi) is 17.1. The lowest BCUT2D eigenvalue weighted by Gasteiger charge is -2.37. The SMILES string of the molecule is CN(C)C=Nc1nc2c(c(C#CCOCSSC(C)(C)CNC(=O)C(F)(F)F)cn2[C@H]2CC(OCSSC(C)(C)C)[C@@H](CO[Si](C)(C)C(C)(C)C)O2)c(=O)[nH]1. The minimum absolute atomic E-state index is 0.00967. The first kappa shape index (κ1) is 47.5. The van der Waals surface area contributed by atoms with Crippen molar-refractivity contribution in [1.82, 2.24) is 24.8 Å². The van der Waals surface area contributed by atoms with E-state index < -0.39 is 36.9 Å². The number of fused-ring (bicyclic) bond motifs is 1. The van der Waals surface area contributed by atoms with Gasteiger partial charge in [0.2, 0.25) is 5.95 Å². The summed E-state index contributed by atoms with van der Waals surface area (Å²) in [6.07, 6.45) is -2.33. The fraction of sp³-hybridized carbons (Fsp3) is 0.714. The van der Waals surface area contributed by atoms with Crippen molar-refractivity contribution in [2.24, 2.45) is 4.99 Å². The molecule has 1 amide bonds. The Bertz CT molecular complexity index is 1750. The summed E-state index contributed by atoms with van der Waals surface area (Å²) in [5.74, 6) is 4.82. The molecule has 1 aliphatic heterocycles. The summed E-state index contributed by atoms with van der Waals surface area (Å²) in [6.45, 7) is 21.1. The summed E-state index contributed by atoms with van der Waals surface area (Å²) in [7, 11) is 7.48. The van der Waals surface area contributed by atoms with E-state index in [1.54, 1.807) is 52.9 Å². The maximum atomic E-state index is 13.5. The monoisotopic (exact) mass is 868 g/mol. The van der Waals surface area contributed by atoms with Crippen LogP contribution in [-0.2, 0) is 23.4 Å². The molecule has 0 spiro atoms. The molecule has 1 unspecified atom stereocenters. The molecule has 1 saturated heterocycles. The number of halogens is 3. The molecule has 3 heterocycles. The van der Waals surface area contributed by atoms with Gasteiger partial charge in [-0.3, -0.25) is 14.6 Å². The number of nitrogens with one attached hydrogen (secondary N) is 2. The van der Waals surface area contributed by atoms with Crippen LogP contribution >= 0.6 is 43.2 Å². The van der Waals surface area contributed by atoms with E-state index in [0.717, 1.165) is 0 Å². The van der Waals surface area contributed by atoms with Crippen LogP contribution in [0.3, 0.4) is 0 Å². The second kappa shape index (κ2) is 19.7. The molecular formula is C35H55F3N6O6S4Si. The summed E-state index contributed by atoms with van der Waals surface area (Å²) in [6, 6.07) is 0. The highest BCUT2D eigenvalue weighted by atomic mass is 33.1. The first-order valence-electron chi connectivity index (χ1n) is 17.6. The molecule has 2 aromatic heterocycles. The number of aliphatic imine (C=N–C) groups is 1. The Morgan fingerprint density at radius 1 is 1.15 bits per heavy atom. The van der Waals surface area contributed by atoms with Gasteiger partial charge >= 0.3 is 12.1 Å². The number of nitrogens with zero attached hydrogens (tertiary/aromatic N) is 4. The third-order valence-electron chi connectivity index (χ3n) is 8.37. The maximum absolute atomic E-state index is 13.5. The molecular weight excluding hydrogens is 814 g/mol. The second-order valence-electron chi connectivity index (χ2n) is 16.2. The maximum Gasteiger partial charge on any atom is 0.471 e. The number of hydrogen-bond donors (Lipinski definition) is 2. The topological polar surface area (TPSA) is 132 Å². The van der Waals surface area contributed by atoms with E-state index in [-0.39, 0.29) is 52.4 Å². The molecule has 0 radical (unpaired) electrons. The van der Waals surface area contributed by atoms with Crippen molar-refractivity contribution in [2.75, 3.05) is 45.7 Å². The highest BCUT2D eigenvalue weighted by molar-refractivity contribution is 8.77. The van der Waals surface area contributed by atoms with Gasteiger partial charge in [0, 0.05) is 42.8 Å². The molecule has 20 heteroatoms. The first-order chi connectivity index (χ1) is 25.3. The largest absolute Gasteiger partial charge is 0.471 e. The van der Waals surface area contributed by atoms with Crippen LogP contribution in [0.5, 0.6) is 0 Å². The molecule has 1 fully saturated rings. The van der Waals surface area contributed by atoms with Gasteiger partial charge in [-0.05, 0) is 32.0 Å². The van der Waals surface area contributed by atoms with Gasteiger partial charge in [0.15, 0.2) is 14.0 Å². The highest BCUT2D eigenvalue weighted by Crippen LogP contribution is 2.41. The van der Waals surface area contributed by atoms with Crippen molar-refractivity contribution in [3.8, 4) is 11.8 Å². The molecule has 0 aliphatic carbocycles. The Balaban J connectivity index is 1.83. The Morgan fingerprint density at radius 3 is 2.44 bits per heavy atom. The fourth-order valence-electron chi connectivity index (χ4n) is 4.57. The van der Waals surface area contributed by atoms with Gasteiger partial charge in [0.05, 0.1) is 30.0 Å². The van der Waals surface area contributed by atoms with Gasteiger partial charge in [0.1, 0.15) is 30.8 Å². The van der Waals surface area contributed by atoms with Gasteiger partial charge < -0.3 is 33.4 Å². The Labute approximate surface area is 339 Å². The van der Waals surface area contributed by atoms with Crippen molar-refractivity contribution in [3.63, 3.8) is 0 Å². The number of alkyl halides is 3. The second-order valence-corrected chi connectivity index (χ2v) is 27.1. The lowest BCUT2D eigenvalue weighted by atomic mass is 10.2. The number of rotatable bonds is 17. The van der Waals surface area contributed by atoms with Gasteiger partial charge in [-0.2, -0.15) is 18.2 Å². The van der Waals surface area contributed by atoms with Gasteiger partial charge in [0.25, 0.3) is 5.56 Å². The van der Waals surface area contributed by atoms with E-state index in [1.165, 1.54) is 21.6 Å². The number of carbonyl (C=O) groups excluding carboxylic acids is 1. The quantitative estimate of drug-likeness (QED) is 0.0304. The summed E-state index contributed by atoms with van der Waals surface area (Å²) < 4.78 is 64.2. The predicted octanol–water partition coefficient (Wildman–Crippen LogP) is 7.94. The molecule has 12 nitrogen and oxygen atoms in total. The van der Waals surface area contributed by atoms with Crippen molar-refractivity contribution in [2.45, 2.75) is 114 Å². The standard InChI is InChI=1S/C35H55F3N6O6S4Si/c1-32(2,3)53-52-22-48-24-16-26(50-25(24)18-49-55(11,12)33(4,5)6)44-17-23(27-28(44)41-31(42-29(27)45)40-20-43(9)10)14-13-15-47-21-51-54-34(7,8)19-39-30(46)35(36,37)38/h17,20,24-26H,15-16,18-19,21-22H2,1-12H3,(H,39,46)(H,41,42,45)/t24?,25-,26-/m1/s1. The highest BCUT2D eigenvalue weighted by Gasteiger charge is 2.43. The molecule has 3 rings (SSSR count). The average molecular weight is 869 g/mol. The van der Waals surface area contributed by atoms with Gasteiger partial charge in [-0.15, -0.1) is 0 Å². The number of aromatic amines is 1. The zero-order chi connectivity index (χ0) is 41.4. The minimum Gasteiger partial charge on any atom is -0.414 e. The number of amides is 1. The number of carbonyl (C=O) groups is 1. The van der Waals surface area contributed by atoms with Crippen LogP contribution in [0.2, 0.25) is 18.1 Å². The van der Waals surface area contributed by atoms with Crippen LogP contribution in [0.15, 0.2) is 16.0 Å². The minimum atomic E-state index is -4.93. The van der Waals surface area contributed by atoms with E-state index in [0.29, 0.717) is 30.2 Å². The Morgan fingerprint density at radius 2 is 1.82 bits per heavy atom. The zero-order valence-electron chi connectivity index (χ0n) is 33.6. The third kappa shape index (κ3) is 15.1. The lowest BCUT2D eigenvalue weighted by Crippen LogP contribution is -2.44. The molecule has 310 valence electrons. The summed E-state index contributed by atoms with van der Waals surface area (Å²) >= 11 is 0. The molecule has 0 saturated carbocycles.